The van der Waals surface area contributed by atoms with Crippen LogP contribution in [-0.2, 0) is 6.54 Å². The number of likely N-dealkylation sites (tertiary alicyclic amines) is 1. The molecule has 7 nitrogen and oxygen atoms in total. The lowest BCUT2D eigenvalue weighted by molar-refractivity contribution is 0.221. The zero-order valence-electron chi connectivity index (χ0n) is 18.5. The lowest BCUT2D eigenvalue weighted by atomic mass is 9.96. The van der Waals surface area contributed by atoms with Crippen LogP contribution >= 0.6 is 11.3 Å². The van der Waals surface area contributed by atoms with Crippen LogP contribution in [0, 0.1) is 0 Å². The summed E-state index contributed by atoms with van der Waals surface area (Å²) in [4.78, 5) is 21.7. The van der Waals surface area contributed by atoms with Crippen molar-refractivity contribution in [2.75, 3.05) is 23.7 Å². The van der Waals surface area contributed by atoms with Crippen LogP contribution in [0.3, 0.4) is 0 Å². The molecule has 2 fully saturated rings. The van der Waals surface area contributed by atoms with E-state index in [1.807, 2.05) is 24.7 Å². The molecule has 0 aromatic carbocycles. The molecule has 3 aromatic heterocycles. The van der Waals surface area contributed by atoms with Gasteiger partial charge < -0.3 is 10.6 Å². The largest absolute Gasteiger partial charge is 0.351 e. The fourth-order valence-corrected chi connectivity index (χ4v) is 5.36. The Labute approximate surface area is 193 Å². The molecule has 168 valence electrons. The Kier molecular flexibility index (Phi) is 6.89. The second-order valence-corrected chi connectivity index (χ2v) is 9.82. The highest BCUT2D eigenvalue weighted by Crippen LogP contribution is 2.30. The molecule has 0 amide bonds. The number of nitrogens with zero attached hydrogens (tertiary/aromatic N) is 5. The molecule has 1 aliphatic heterocycles. The number of piperidine rings is 1. The third-order valence-electron chi connectivity index (χ3n) is 6.27. The second-order valence-electron chi connectivity index (χ2n) is 8.79. The van der Waals surface area contributed by atoms with E-state index >= 15 is 0 Å². The molecule has 3 aromatic rings. The average molecular weight is 450 g/mol. The first kappa shape index (κ1) is 21.3. The van der Waals surface area contributed by atoms with E-state index in [0.29, 0.717) is 12.0 Å². The van der Waals surface area contributed by atoms with Gasteiger partial charge >= 0.3 is 0 Å². The minimum Gasteiger partial charge on any atom is -0.351 e. The zero-order chi connectivity index (χ0) is 21.6. The number of anilines is 3. The molecule has 1 saturated carbocycles. The third-order valence-corrected chi connectivity index (χ3v) is 7.20. The van der Waals surface area contributed by atoms with E-state index in [4.69, 9.17) is 4.98 Å². The van der Waals surface area contributed by atoms with Crippen molar-refractivity contribution in [1.82, 2.24) is 24.8 Å². The number of aromatic nitrogens is 4. The van der Waals surface area contributed by atoms with Gasteiger partial charge in [0.05, 0.1) is 10.6 Å². The van der Waals surface area contributed by atoms with E-state index in [0.717, 1.165) is 28.1 Å². The number of pyridine rings is 1. The number of hydrogen-bond acceptors (Lipinski definition) is 8. The summed E-state index contributed by atoms with van der Waals surface area (Å²) in [6, 6.07) is 6.67. The van der Waals surface area contributed by atoms with E-state index < -0.39 is 0 Å². The molecule has 1 aliphatic carbocycles. The molecule has 4 heterocycles. The third kappa shape index (κ3) is 5.61. The second kappa shape index (κ2) is 10.4. The Morgan fingerprint density at radius 2 is 1.75 bits per heavy atom. The summed E-state index contributed by atoms with van der Waals surface area (Å²) in [5.74, 6) is 1.55. The summed E-state index contributed by atoms with van der Waals surface area (Å²) < 4.78 is 0. The van der Waals surface area contributed by atoms with Crippen molar-refractivity contribution < 1.29 is 0 Å². The van der Waals surface area contributed by atoms with Crippen LogP contribution < -0.4 is 10.6 Å². The maximum Gasteiger partial charge on any atom is 0.223 e. The van der Waals surface area contributed by atoms with Crippen molar-refractivity contribution in [3.63, 3.8) is 0 Å². The van der Waals surface area contributed by atoms with Crippen molar-refractivity contribution in [1.29, 1.82) is 0 Å². The monoisotopic (exact) mass is 449 g/mol. The van der Waals surface area contributed by atoms with Gasteiger partial charge in [0.2, 0.25) is 5.95 Å². The minimum atomic E-state index is 0.487. The van der Waals surface area contributed by atoms with Gasteiger partial charge in [-0.15, -0.1) is 0 Å². The fraction of sp³-hybridized carbons (Fsp3) is 0.500. The van der Waals surface area contributed by atoms with Gasteiger partial charge in [0.15, 0.2) is 5.13 Å². The Hall–Kier alpha value is -2.58. The number of nitrogens with one attached hydrogen (secondary N) is 2. The molecule has 1 saturated heterocycles. The fourth-order valence-electron chi connectivity index (χ4n) is 4.57. The van der Waals surface area contributed by atoms with Crippen molar-refractivity contribution >= 4 is 28.2 Å². The molecule has 0 radical (unpaired) electrons. The van der Waals surface area contributed by atoms with Gasteiger partial charge in [-0.1, -0.05) is 37.0 Å². The van der Waals surface area contributed by atoms with Crippen LogP contribution in [0.4, 0.5) is 16.9 Å². The summed E-state index contributed by atoms with van der Waals surface area (Å²) in [6.45, 7) is 3.37. The van der Waals surface area contributed by atoms with Crippen LogP contribution in [-0.4, -0.2) is 44.0 Å². The highest BCUT2D eigenvalue weighted by molar-refractivity contribution is 7.18. The van der Waals surface area contributed by atoms with Crippen molar-refractivity contribution in [2.24, 2.45) is 0 Å². The van der Waals surface area contributed by atoms with Gasteiger partial charge in [0.1, 0.15) is 5.82 Å². The molecule has 0 bridgehead atoms. The predicted molar refractivity (Wildman–Crippen MR) is 130 cm³/mol. The van der Waals surface area contributed by atoms with Gasteiger partial charge in [0.25, 0.3) is 0 Å². The van der Waals surface area contributed by atoms with Gasteiger partial charge in [-0.3, -0.25) is 4.90 Å². The van der Waals surface area contributed by atoms with E-state index in [1.165, 1.54) is 70.0 Å². The highest BCUT2D eigenvalue weighted by atomic mass is 32.1. The SMILES string of the molecule is c1cc(CN2CCCCC2)cc(Nc2ncc(-c3ccnc(NC4CCCCC4)n3)s2)n1. The van der Waals surface area contributed by atoms with Crippen molar-refractivity contribution in [3.8, 4) is 10.6 Å². The molecule has 32 heavy (non-hydrogen) atoms. The van der Waals surface area contributed by atoms with Crippen LogP contribution in [0.15, 0.2) is 36.8 Å². The normalized spacial score (nSPS) is 17.9. The molecule has 2 N–H and O–H groups in total. The van der Waals surface area contributed by atoms with Gasteiger partial charge in [-0.05, 0) is 62.5 Å². The quantitative estimate of drug-likeness (QED) is 0.495. The summed E-state index contributed by atoms with van der Waals surface area (Å²) in [5.41, 5.74) is 2.19. The molecule has 0 spiro atoms. The Morgan fingerprint density at radius 3 is 2.62 bits per heavy atom. The van der Waals surface area contributed by atoms with Crippen LogP contribution in [0.5, 0.6) is 0 Å². The molecule has 0 unspecified atom stereocenters. The molecule has 5 rings (SSSR count). The predicted octanol–water partition coefficient (Wildman–Crippen LogP) is 5.47. The topological polar surface area (TPSA) is 78.9 Å². The van der Waals surface area contributed by atoms with Gasteiger partial charge in [-0.2, -0.15) is 0 Å². The zero-order valence-corrected chi connectivity index (χ0v) is 19.3. The summed E-state index contributed by atoms with van der Waals surface area (Å²) >= 11 is 1.59. The smallest absolute Gasteiger partial charge is 0.223 e. The first-order valence-electron chi connectivity index (χ1n) is 11.8. The van der Waals surface area contributed by atoms with Gasteiger partial charge in [0, 0.05) is 31.2 Å². The van der Waals surface area contributed by atoms with E-state index in [1.54, 1.807) is 11.3 Å². The molecular weight excluding hydrogens is 418 g/mol. The standard InChI is InChI=1S/C24H31N7S/c1-3-7-19(8-4-1)28-23-26-12-10-20(29-23)21-16-27-24(32-21)30-22-15-18(9-11-25-22)17-31-13-5-2-6-14-31/h9-12,15-16,19H,1-8,13-14,17H2,(H,25,27,30)(H,26,28,29). The highest BCUT2D eigenvalue weighted by Gasteiger charge is 2.15. The molecule has 8 heteroatoms. The number of thiazole rings is 1. The summed E-state index contributed by atoms with van der Waals surface area (Å²) in [7, 11) is 0. The molecule has 2 aliphatic rings. The van der Waals surface area contributed by atoms with E-state index in [9.17, 15) is 0 Å². The average Bonchev–Trinajstić information content (AvgIpc) is 3.29. The Balaban J connectivity index is 1.23. The lowest BCUT2D eigenvalue weighted by Gasteiger charge is -2.26. The van der Waals surface area contributed by atoms with Crippen LogP contribution in [0.1, 0.15) is 56.9 Å². The van der Waals surface area contributed by atoms with Crippen LogP contribution in [0.25, 0.3) is 10.6 Å². The number of hydrogen-bond donors (Lipinski definition) is 2. The molecule has 0 atom stereocenters. The Morgan fingerprint density at radius 1 is 0.938 bits per heavy atom. The van der Waals surface area contributed by atoms with Crippen molar-refractivity contribution in [2.45, 2.75) is 64.0 Å². The first-order valence-corrected chi connectivity index (χ1v) is 12.6. The van der Waals surface area contributed by atoms with Crippen molar-refractivity contribution in [3.05, 3.63) is 42.4 Å². The number of rotatable bonds is 7. The van der Waals surface area contributed by atoms with Gasteiger partial charge in [-0.25, -0.2) is 19.9 Å². The first-order chi connectivity index (χ1) is 15.8. The minimum absolute atomic E-state index is 0.487. The maximum absolute atomic E-state index is 4.74. The molecular formula is C24H31N7S. The van der Waals surface area contributed by atoms with E-state index in [2.05, 4.69) is 42.6 Å². The van der Waals surface area contributed by atoms with Crippen LogP contribution in [0.2, 0.25) is 0 Å². The summed E-state index contributed by atoms with van der Waals surface area (Å²) in [5, 5.41) is 7.70. The maximum atomic E-state index is 4.74. The summed E-state index contributed by atoms with van der Waals surface area (Å²) in [6.07, 6.45) is 15.9. The van der Waals surface area contributed by atoms with E-state index in [-0.39, 0.29) is 0 Å². The Bertz CT molecular complexity index is 1010. The lowest BCUT2D eigenvalue weighted by Crippen LogP contribution is -2.29.